The van der Waals surface area contributed by atoms with Gasteiger partial charge >= 0.3 is 0 Å². The number of pyridine rings is 1. The summed E-state index contributed by atoms with van der Waals surface area (Å²) in [4.78, 5) is 12.1. The Bertz CT molecular complexity index is 741. The van der Waals surface area contributed by atoms with Crippen LogP contribution in [-0.2, 0) is 5.75 Å². The Balaban J connectivity index is 1.77. The summed E-state index contributed by atoms with van der Waals surface area (Å²) in [6.45, 7) is 0. The number of nitrogens with one attached hydrogen (secondary N) is 1. The van der Waals surface area contributed by atoms with Crippen LogP contribution in [0.4, 0.5) is 5.82 Å². The van der Waals surface area contributed by atoms with E-state index < -0.39 is 0 Å². The highest BCUT2D eigenvalue weighted by molar-refractivity contribution is 7.98. The quantitative estimate of drug-likeness (QED) is 0.721. The molecule has 0 fully saturated rings. The van der Waals surface area contributed by atoms with Gasteiger partial charge in [0.25, 0.3) is 0 Å². The van der Waals surface area contributed by atoms with E-state index in [0.717, 1.165) is 33.4 Å². The zero-order valence-electron chi connectivity index (χ0n) is 11.0. The molecule has 1 aromatic carbocycles. The van der Waals surface area contributed by atoms with E-state index in [1.54, 1.807) is 24.9 Å². The van der Waals surface area contributed by atoms with Gasteiger partial charge in [0.15, 0.2) is 5.16 Å². The third kappa shape index (κ3) is 2.70. The van der Waals surface area contributed by atoms with E-state index in [0.29, 0.717) is 5.82 Å². The van der Waals surface area contributed by atoms with Crippen LogP contribution < -0.4 is 10.5 Å². The second kappa shape index (κ2) is 5.42. The van der Waals surface area contributed by atoms with E-state index in [1.165, 1.54) is 0 Å². The van der Waals surface area contributed by atoms with Gasteiger partial charge in [-0.25, -0.2) is 9.97 Å². The molecule has 2 aromatic heterocycles. The molecule has 0 radical (unpaired) electrons. The van der Waals surface area contributed by atoms with Crippen LogP contribution in [-0.4, -0.2) is 22.1 Å². The molecule has 6 heteroatoms. The summed E-state index contributed by atoms with van der Waals surface area (Å²) in [5.41, 5.74) is 8.49. The van der Waals surface area contributed by atoms with Crippen molar-refractivity contribution in [2.75, 3.05) is 12.8 Å². The molecule has 0 amide bonds. The Morgan fingerprint density at radius 2 is 2.15 bits per heavy atom. The van der Waals surface area contributed by atoms with Crippen LogP contribution in [0.3, 0.4) is 0 Å². The monoisotopic (exact) mass is 286 g/mol. The van der Waals surface area contributed by atoms with Crippen molar-refractivity contribution in [3.05, 3.63) is 42.1 Å². The number of nitrogens with two attached hydrogens (primary N) is 1. The third-order valence-corrected chi connectivity index (χ3v) is 3.76. The molecule has 3 rings (SSSR count). The highest BCUT2D eigenvalue weighted by Gasteiger charge is 2.05. The van der Waals surface area contributed by atoms with Crippen molar-refractivity contribution in [2.24, 2.45) is 0 Å². The average Bonchev–Trinajstić information content (AvgIpc) is 2.87. The lowest BCUT2D eigenvalue weighted by Gasteiger charge is -1.99. The fourth-order valence-corrected chi connectivity index (χ4v) is 2.67. The Labute approximate surface area is 120 Å². The molecule has 2 heterocycles. The number of hydrogen-bond donors (Lipinski definition) is 2. The van der Waals surface area contributed by atoms with Crippen LogP contribution in [0.15, 0.2) is 41.6 Å². The molecule has 102 valence electrons. The van der Waals surface area contributed by atoms with Crippen molar-refractivity contribution in [2.45, 2.75) is 10.9 Å². The van der Waals surface area contributed by atoms with Crippen molar-refractivity contribution < 1.29 is 4.74 Å². The van der Waals surface area contributed by atoms with E-state index in [1.807, 2.05) is 30.3 Å². The molecule has 0 saturated carbocycles. The minimum Gasteiger partial charge on any atom is -0.497 e. The van der Waals surface area contributed by atoms with E-state index in [9.17, 15) is 0 Å². The number of fused-ring (bicyclic) bond motifs is 1. The van der Waals surface area contributed by atoms with Gasteiger partial charge in [0.2, 0.25) is 0 Å². The van der Waals surface area contributed by atoms with Crippen LogP contribution in [0.1, 0.15) is 5.69 Å². The molecule has 0 aliphatic rings. The number of methoxy groups -OCH3 is 1. The molecule has 0 aliphatic heterocycles. The van der Waals surface area contributed by atoms with Gasteiger partial charge in [-0.3, -0.25) is 0 Å². The molecule has 0 spiro atoms. The van der Waals surface area contributed by atoms with E-state index >= 15 is 0 Å². The Morgan fingerprint density at radius 3 is 2.95 bits per heavy atom. The number of ether oxygens (including phenoxy) is 1. The van der Waals surface area contributed by atoms with Crippen molar-refractivity contribution in [1.29, 1.82) is 0 Å². The normalized spacial score (nSPS) is 10.8. The second-order valence-electron chi connectivity index (χ2n) is 4.27. The Hall–Kier alpha value is -2.21. The zero-order valence-corrected chi connectivity index (χ0v) is 11.8. The van der Waals surface area contributed by atoms with E-state index in [2.05, 4.69) is 15.0 Å². The van der Waals surface area contributed by atoms with Crippen LogP contribution in [0.25, 0.3) is 11.0 Å². The molecule has 3 aromatic rings. The van der Waals surface area contributed by atoms with Crippen molar-refractivity contribution >= 4 is 28.6 Å². The maximum Gasteiger partial charge on any atom is 0.166 e. The molecule has 5 nitrogen and oxygen atoms in total. The van der Waals surface area contributed by atoms with Gasteiger partial charge in [-0.05, 0) is 24.3 Å². The SMILES string of the molecule is COc1ccc2nc(SCc3cccc(N)n3)[nH]c2c1. The summed E-state index contributed by atoms with van der Waals surface area (Å²) < 4.78 is 5.20. The number of benzene rings is 1. The molecule has 20 heavy (non-hydrogen) atoms. The Kier molecular flexibility index (Phi) is 3.47. The summed E-state index contributed by atoms with van der Waals surface area (Å²) in [7, 11) is 1.65. The molecular formula is C14H14N4OS. The van der Waals surface area contributed by atoms with Crippen molar-refractivity contribution in [3.63, 3.8) is 0 Å². The predicted molar refractivity (Wildman–Crippen MR) is 80.9 cm³/mol. The predicted octanol–water partition coefficient (Wildman–Crippen LogP) is 2.84. The number of hydrogen-bond acceptors (Lipinski definition) is 5. The molecule has 0 unspecified atom stereocenters. The van der Waals surface area contributed by atoms with E-state index in [-0.39, 0.29) is 0 Å². The highest BCUT2D eigenvalue weighted by atomic mass is 32.2. The first-order valence-electron chi connectivity index (χ1n) is 6.12. The second-order valence-corrected chi connectivity index (χ2v) is 5.23. The molecule has 3 N–H and O–H groups in total. The third-order valence-electron chi connectivity index (χ3n) is 2.85. The molecule has 0 aliphatic carbocycles. The van der Waals surface area contributed by atoms with Gasteiger partial charge in [0.05, 0.1) is 23.8 Å². The van der Waals surface area contributed by atoms with Crippen molar-refractivity contribution in [3.8, 4) is 5.75 Å². The Morgan fingerprint density at radius 1 is 1.25 bits per heavy atom. The number of aromatic nitrogens is 3. The number of imidazole rings is 1. The fourth-order valence-electron chi connectivity index (χ4n) is 1.88. The maximum atomic E-state index is 5.66. The number of rotatable bonds is 4. The topological polar surface area (TPSA) is 76.8 Å². The van der Waals surface area contributed by atoms with Crippen LogP contribution >= 0.6 is 11.8 Å². The molecule has 0 bridgehead atoms. The van der Waals surface area contributed by atoms with Crippen molar-refractivity contribution in [1.82, 2.24) is 15.0 Å². The van der Waals surface area contributed by atoms with Gasteiger partial charge in [0, 0.05) is 11.8 Å². The first kappa shape index (κ1) is 12.8. The first-order valence-corrected chi connectivity index (χ1v) is 7.11. The number of nitrogen functional groups attached to an aromatic ring is 1. The highest BCUT2D eigenvalue weighted by Crippen LogP contribution is 2.25. The van der Waals surface area contributed by atoms with Gasteiger partial charge in [-0.15, -0.1) is 0 Å². The number of anilines is 1. The van der Waals surface area contributed by atoms with Crippen LogP contribution in [0, 0.1) is 0 Å². The number of thioether (sulfide) groups is 1. The van der Waals surface area contributed by atoms with Gasteiger partial charge in [0.1, 0.15) is 11.6 Å². The summed E-state index contributed by atoms with van der Waals surface area (Å²) in [5, 5.41) is 0.859. The van der Waals surface area contributed by atoms with Crippen LogP contribution in [0.5, 0.6) is 5.75 Å². The first-order chi connectivity index (χ1) is 9.74. The molecule has 0 atom stereocenters. The van der Waals surface area contributed by atoms with E-state index in [4.69, 9.17) is 10.5 Å². The fraction of sp³-hybridized carbons (Fsp3) is 0.143. The van der Waals surface area contributed by atoms with Gasteiger partial charge in [-0.1, -0.05) is 17.8 Å². The summed E-state index contributed by atoms with van der Waals surface area (Å²) in [6.07, 6.45) is 0. The lowest BCUT2D eigenvalue weighted by molar-refractivity contribution is 0.415. The minimum absolute atomic E-state index is 0.539. The zero-order chi connectivity index (χ0) is 13.9. The number of H-pyrrole nitrogens is 1. The standard InChI is InChI=1S/C14H14N4OS/c1-19-10-5-6-11-12(7-10)18-14(17-11)20-8-9-3-2-4-13(15)16-9/h2-7H,8H2,1H3,(H2,15,16)(H,17,18). The minimum atomic E-state index is 0.539. The number of nitrogens with zero attached hydrogens (tertiary/aromatic N) is 2. The largest absolute Gasteiger partial charge is 0.497 e. The smallest absolute Gasteiger partial charge is 0.166 e. The average molecular weight is 286 g/mol. The lowest BCUT2D eigenvalue weighted by Crippen LogP contribution is -1.93. The van der Waals surface area contributed by atoms with Crippen LogP contribution in [0.2, 0.25) is 0 Å². The summed E-state index contributed by atoms with van der Waals surface area (Å²) in [6, 6.07) is 11.4. The summed E-state index contributed by atoms with van der Waals surface area (Å²) in [5.74, 6) is 2.08. The molecule has 0 saturated heterocycles. The van der Waals surface area contributed by atoms with Gasteiger partial charge in [-0.2, -0.15) is 0 Å². The summed E-state index contributed by atoms with van der Waals surface area (Å²) >= 11 is 1.60. The number of aromatic amines is 1. The van der Waals surface area contributed by atoms with Gasteiger partial charge < -0.3 is 15.5 Å². The lowest BCUT2D eigenvalue weighted by atomic mass is 10.3. The molecular weight excluding hydrogens is 272 g/mol. The maximum absolute atomic E-state index is 5.66.